The first-order valence-electron chi connectivity index (χ1n) is 4.07. The smallest absolute Gasteiger partial charge is 0.338 e. The summed E-state index contributed by atoms with van der Waals surface area (Å²) in [6, 6.07) is -0.276. The molecule has 7 nitrogen and oxygen atoms in total. The van der Waals surface area contributed by atoms with Crippen molar-refractivity contribution in [1.82, 2.24) is 14.7 Å². The zero-order valence-electron chi connectivity index (χ0n) is 7.97. The Balaban J connectivity index is 2.45. The van der Waals surface area contributed by atoms with Gasteiger partial charge >= 0.3 is 6.03 Å². The highest BCUT2D eigenvalue weighted by Crippen LogP contribution is 2.21. The maximum atomic E-state index is 11.6. The number of nitrogen functional groups attached to an aromatic ring is 1. The second-order valence-electron chi connectivity index (χ2n) is 3.03. The number of urea groups is 1. The molecule has 0 radical (unpaired) electrons. The SMILES string of the molecule is CN1OCc2c(ncn2N)N(C)C1=O. The Bertz CT molecular complexity index is 374. The summed E-state index contributed by atoms with van der Waals surface area (Å²) >= 11 is 0. The summed E-state index contributed by atoms with van der Waals surface area (Å²) in [7, 11) is 3.17. The maximum absolute atomic E-state index is 11.6. The van der Waals surface area contributed by atoms with E-state index in [2.05, 4.69) is 4.98 Å². The van der Waals surface area contributed by atoms with Gasteiger partial charge in [-0.3, -0.25) is 9.74 Å². The van der Waals surface area contributed by atoms with E-state index in [1.165, 1.54) is 15.9 Å². The molecular weight excluding hydrogens is 186 g/mol. The van der Waals surface area contributed by atoms with Crippen molar-refractivity contribution in [1.29, 1.82) is 0 Å². The summed E-state index contributed by atoms with van der Waals surface area (Å²) in [5, 5.41) is 1.15. The highest BCUT2D eigenvalue weighted by atomic mass is 16.7. The second-order valence-corrected chi connectivity index (χ2v) is 3.03. The molecule has 0 saturated heterocycles. The van der Waals surface area contributed by atoms with Gasteiger partial charge in [0.15, 0.2) is 5.82 Å². The van der Waals surface area contributed by atoms with E-state index >= 15 is 0 Å². The van der Waals surface area contributed by atoms with Crippen LogP contribution in [0.1, 0.15) is 5.69 Å². The minimum absolute atomic E-state index is 0.235. The van der Waals surface area contributed by atoms with Gasteiger partial charge in [0.1, 0.15) is 18.6 Å². The highest BCUT2D eigenvalue weighted by Gasteiger charge is 2.26. The molecule has 1 aromatic rings. The molecule has 0 aliphatic carbocycles. The first-order chi connectivity index (χ1) is 6.61. The van der Waals surface area contributed by atoms with Gasteiger partial charge in [-0.15, -0.1) is 0 Å². The van der Waals surface area contributed by atoms with Crippen molar-refractivity contribution in [2.24, 2.45) is 0 Å². The Kier molecular flexibility index (Phi) is 1.81. The van der Waals surface area contributed by atoms with E-state index in [0.29, 0.717) is 11.5 Å². The van der Waals surface area contributed by atoms with E-state index in [1.807, 2.05) is 0 Å². The van der Waals surface area contributed by atoms with Crippen molar-refractivity contribution in [3.8, 4) is 0 Å². The molecule has 1 aliphatic rings. The summed E-state index contributed by atoms with van der Waals surface area (Å²) in [4.78, 5) is 22.1. The molecule has 2 amide bonds. The van der Waals surface area contributed by atoms with Crippen LogP contribution in [-0.2, 0) is 11.4 Å². The third-order valence-electron chi connectivity index (χ3n) is 2.14. The molecule has 2 N–H and O–H groups in total. The summed E-state index contributed by atoms with van der Waals surface area (Å²) < 4.78 is 1.35. The lowest BCUT2D eigenvalue weighted by Gasteiger charge is -2.18. The fraction of sp³-hybridized carbons (Fsp3) is 0.429. The van der Waals surface area contributed by atoms with Crippen LogP contribution in [0.3, 0.4) is 0 Å². The van der Waals surface area contributed by atoms with Crippen molar-refractivity contribution in [2.75, 3.05) is 24.8 Å². The summed E-state index contributed by atoms with van der Waals surface area (Å²) in [6.45, 7) is 0.235. The van der Waals surface area contributed by atoms with Crippen LogP contribution >= 0.6 is 0 Å². The first kappa shape index (κ1) is 8.82. The number of amides is 2. The molecule has 2 rings (SSSR count). The van der Waals surface area contributed by atoms with Crippen LogP contribution in [0.2, 0.25) is 0 Å². The number of aromatic nitrogens is 2. The molecule has 0 unspecified atom stereocenters. The zero-order valence-corrected chi connectivity index (χ0v) is 7.97. The third kappa shape index (κ3) is 1.10. The molecule has 1 aliphatic heterocycles. The number of rotatable bonds is 0. The third-order valence-corrected chi connectivity index (χ3v) is 2.14. The highest BCUT2D eigenvalue weighted by molar-refractivity contribution is 5.90. The van der Waals surface area contributed by atoms with Crippen molar-refractivity contribution in [3.05, 3.63) is 12.0 Å². The Morgan fingerprint density at radius 2 is 2.29 bits per heavy atom. The molecule has 1 aromatic heterocycles. The van der Waals surface area contributed by atoms with E-state index < -0.39 is 0 Å². The van der Waals surface area contributed by atoms with Crippen LogP contribution < -0.4 is 10.7 Å². The minimum atomic E-state index is -0.276. The second kappa shape index (κ2) is 2.88. The molecule has 0 atom stereocenters. The van der Waals surface area contributed by atoms with Gasteiger partial charge in [0.2, 0.25) is 0 Å². The molecule has 0 bridgehead atoms. The lowest BCUT2D eigenvalue weighted by molar-refractivity contribution is -0.106. The van der Waals surface area contributed by atoms with E-state index in [1.54, 1.807) is 14.1 Å². The Hall–Kier alpha value is -1.76. The van der Waals surface area contributed by atoms with Gasteiger partial charge in [0.25, 0.3) is 0 Å². The number of anilines is 1. The van der Waals surface area contributed by atoms with Crippen LogP contribution in [0.5, 0.6) is 0 Å². The van der Waals surface area contributed by atoms with Crippen LogP contribution in [-0.4, -0.2) is 34.8 Å². The summed E-state index contributed by atoms with van der Waals surface area (Å²) in [5.41, 5.74) is 0.671. The fourth-order valence-corrected chi connectivity index (χ4v) is 1.31. The molecule has 7 heteroatoms. The quantitative estimate of drug-likeness (QED) is 0.570. The molecule has 14 heavy (non-hydrogen) atoms. The van der Waals surface area contributed by atoms with Crippen molar-refractivity contribution >= 4 is 11.8 Å². The molecule has 0 spiro atoms. The average molecular weight is 197 g/mol. The van der Waals surface area contributed by atoms with Crippen molar-refractivity contribution in [3.63, 3.8) is 0 Å². The topological polar surface area (TPSA) is 76.6 Å². The molecule has 0 fully saturated rings. The lowest BCUT2D eigenvalue weighted by atomic mass is 10.4. The van der Waals surface area contributed by atoms with Crippen LogP contribution in [0.25, 0.3) is 0 Å². The normalized spacial score (nSPS) is 16.9. The van der Waals surface area contributed by atoms with Crippen molar-refractivity contribution in [2.45, 2.75) is 6.61 Å². The van der Waals surface area contributed by atoms with Gasteiger partial charge in [-0.1, -0.05) is 0 Å². The van der Waals surface area contributed by atoms with Gasteiger partial charge in [0.05, 0.1) is 0 Å². The summed E-state index contributed by atoms with van der Waals surface area (Å²) in [5.74, 6) is 6.13. The van der Waals surface area contributed by atoms with Crippen LogP contribution in [0.4, 0.5) is 10.6 Å². The number of hydrogen-bond acceptors (Lipinski definition) is 4. The van der Waals surface area contributed by atoms with E-state index in [-0.39, 0.29) is 12.6 Å². The largest absolute Gasteiger partial charge is 0.349 e. The fourth-order valence-electron chi connectivity index (χ4n) is 1.31. The predicted octanol–water partition coefficient (Wildman–Crippen LogP) is -0.470. The van der Waals surface area contributed by atoms with Crippen molar-refractivity contribution < 1.29 is 9.63 Å². The molecule has 0 aromatic carbocycles. The molecule has 0 saturated carbocycles. The van der Waals surface area contributed by atoms with Crippen LogP contribution in [0.15, 0.2) is 6.33 Å². The average Bonchev–Trinajstić information content (AvgIpc) is 2.49. The number of carbonyl (C=O) groups excluding carboxylic acids is 1. The summed E-state index contributed by atoms with van der Waals surface area (Å²) in [6.07, 6.45) is 1.45. The van der Waals surface area contributed by atoms with Gasteiger partial charge in [0, 0.05) is 14.1 Å². The van der Waals surface area contributed by atoms with Gasteiger partial charge in [-0.2, -0.15) is 0 Å². The van der Waals surface area contributed by atoms with Gasteiger partial charge in [-0.25, -0.2) is 19.5 Å². The van der Waals surface area contributed by atoms with E-state index in [9.17, 15) is 4.79 Å². The number of nitrogens with two attached hydrogens (primary N) is 1. The first-order valence-corrected chi connectivity index (χ1v) is 4.07. The number of hydroxylamine groups is 2. The number of nitrogens with zero attached hydrogens (tertiary/aromatic N) is 4. The number of carbonyl (C=O) groups is 1. The minimum Gasteiger partial charge on any atom is -0.338 e. The monoisotopic (exact) mass is 197 g/mol. The van der Waals surface area contributed by atoms with Crippen LogP contribution in [0, 0.1) is 0 Å². The molecular formula is C7H11N5O2. The number of imidazole rings is 1. The number of fused-ring (bicyclic) bond motifs is 1. The Labute approximate surface area is 80.6 Å². The predicted molar refractivity (Wildman–Crippen MR) is 48.7 cm³/mol. The van der Waals surface area contributed by atoms with E-state index in [0.717, 1.165) is 5.06 Å². The maximum Gasteiger partial charge on any atom is 0.349 e. The molecule has 76 valence electrons. The molecule has 2 heterocycles. The Morgan fingerprint density at radius 3 is 3.00 bits per heavy atom. The van der Waals surface area contributed by atoms with Gasteiger partial charge < -0.3 is 5.84 Å². The Morgan fingerprint density at radius 1 is 1.57 bits per heavy atom. The van der Waals surface area contributed by atoms with Gasteiger partial charge in [-0.05, 0) is 0 Å². The number of hydrogen-bond donors (Lipinski definition) is 1. The van der Waals surface area contributed by atoms with E-state index in [4.69, 9.17) is 10.7 Å². The lowest BCUT2D eigenvalue weighted by Crippen LogP contribution is -2.36. The standard InChI is InChI=1S/C7H11N5O2/c1-10-6-5(12(8)4-9-6)3-14-11(2)7(10)13/h4H,3,8H2,1-2H3. The zero-order chi connectivity index (χ0) is 10.3.